The third kappa shape index (κ3) is 4.79. The van der Waals surface area contributed by atoms with E-state index in [9.17, 15) is 9.18 Å². The number of aromatic nitrogens is 1. The molecule has 1 amide bonds. The van der Waals surface area contributed by atoms with E-state index in [4.69, 9.17) is 5.73 Å². The van der Waals surface area contributed by atoms with Crippen molar-refractivity contribution in [3.05, 3.63) is 24.3 Å². The average Bonchev–Trinajstić information content (AvgIpc) is 2.27. The SMILES string of the molecule is CC(C)(C)CC(CN)C(=O)Nc1ccc(F)nc1. The van der Waals surface area contributed by atoms with Crippen molar-refractivity contribution in [1.29, 1.82) is 0 Å². The molecule has 0 saturated carbocycles. The summed E-state index contributed by atoms with van der Waals surface area (Å²) in [6.07, 6.45) is 1.99. The van der Waals surface area contributed by atoms with Gasteiger partial charge in [0.05, 0.1) is 17.8 Å². The molecule has 1 unspecified atom stereocenters. The highest BCUT2D eigenvalue weighted by molar-refractivity contribution is 5.92. The van der Waals surface area contributed by atoms with Crippen LogP contribution in [-0.4, -0.2) is 17.4 Å². The summed E-state index contributed by atoms with van der Waals surface area (Å²) in [5, 5.41) is 2.69. The van der Waals surface area contributed by atoms with E-state index < -0.39 is 5.95 Å². The van der Waals surface area contributed by atoms with Crippen LogP contribution in [0.3, 0.4) is 0 Å². The topological polar surface area (TPSA) is 68.0 Å². The van der Waals surface area contributed by atoms with Gasteiger partial charge in [-0.3, -0.25) is 4.79 Å². The van der Waals surface area contributed by atoms with Crippen molar-refractivity contribution in [2.45, 2.75) is 27.2 Å². The molecule has 0 radical (unpaired) electrons. The summed E-state index contributed by atoms with van der Waals surface area (Å²) >= 11 is 0. The van der Waals surface area contributed by atoms with Crippen molar-refractivity contribution in [3.8, 4) is 0 Å². The van der Waals surface area contributed by atoms with Crippen molar-refractivity contribution in [3.63, 3.8) is 0 Å². The molecule has 100 valence electrons. The van der Waals surface area contributed by atoms with Crippen LogP contribution in [0.5, 0.6) is 0 Å². The third-order valence-corrected chi connectivity index (χ3v) is 2.51. The molecule has 1 aromatic heterocycles. The number of hydrogen-bond acceptors (Lipinski definition) is 3. The minimum absolute atomic E-state index is 0.0302. The number of nitrogens with one attached hydrogen (secondary N) is 1. The first kappa shape index (κ1) is 14.6. The van der Waals surface area contributed by atoms with Gasteiger partial charge in [-0.1, -0.05) is 20.8 Å². The lowest BCUT2D eigenvalue weighted by Gasteiger charge is -2.24. The fraction of sp³-hybridized carbons (Fsp3) is 0.538. The Hall–Kier alpha value is -1.49. The van der Waals surface area contributed by atoms with E-state index in [1.807, 2.05) is 0 Å². The number of carbonyl (C=O) groups is 1. The van der Waals surface area contributed by atoms with E-state index in [1.54, 1.807) is 0 Å². The van der Waals surface area contributed by atoms with E-state index in [0.717, 1.165) is 0 Å². The molecule has 1 rings (SSSR count). The molecule has 1 heterocycles. The number of hydrogen-bond donors (Lipinski definition) is 2. The van der Waals surface area contributed by atoms with Crippen LogP contribution in [0, 0.1) is 17.3 Å². The Labute approximate surface area is 107 Å². The first-order valence-electron chi connectivity index (χ1n) is 5.94. The first-order chi connectivity index (χ1) is 8.31. The first-order valence-corrected chi connectivity index (χ1v) is 5.94. The number of carbonyl (C=O) groups excluding carboxylic acids is 1. The fourth-order valence-corrected chi connectivity index (χ4v) is 1.72. The Kier molecular flexibility index (Phi) is 4.78. The Morgan fingerprint density at radius 2 is 2.17 bits per heavy atom. The van der Waals surface area contributed by atoms with Crippen LogP contribution in [0.25, 0.3) is 0 Å². The summed E-state index contributed by atoms with van der Waals surface area (Å²) < 4.78 is 12.6. The number of nitrogens with zero attached hydrogens (tertiary/aromatic N) is 1. The maximum atomic E-state index is 12.6. The predicted molar refractivity (Wildman–Crippen MR) is 69.4 cm³/mol. The highest BCUT2D eigenvalue weighted by Gasteiger charge is 2.23. The van der Waals surface area contributed by atoms with Crippen LogP contribution in [0.2, 0.25) is 0 Å². The number of anilines is 1. The molecule has 18 heavy (non-hydrogen) atoms. The zero-order chi connectivity index (χ0) is 13.8. The Balaban J connectivity index is 2.65. The number of halogens is 1. The lowest BCUT2D eigenvalue weighted by atomic mass is 9.84. The van der Waals surface area contributed by atoms with Crippen LogP contribution < -0.4 is 11.1 Å². The minimum atomic E-state index is -0.571. The molecule has 0 aliphatic heterocycles. The molecular weight excluding hydrogens is 233 g/mol. The Bertz CT molecular complexity index is 398. The van der Waals surface area contributed by atoms with Gasteiger partial charge < -0.3 is 11.1 Å². The summed E-state index contributed by atoms with van der Waals surface area (Å²) in [6.45, 7) is 6.46. The van der Waals surface area contributed by atoms with Gasteiger partial charge in [0.25, 0.3) is 0 Å². The molecule has 5 heteroatoms. The normalized spacial score (nSPS) is 13.2. The molecule has 1 aromatic rings. The Morgan fingerprint density at radius 1 is 1.50 bits per heavy atom. The lowest BCUT2D eigenvalue weighted by molar-refractivity contribution is -0.120. The van der Waals surface area contributed by atoms with Crippen LogP contribution in [0.1, 0.15) is 27.2 Å². The van der Waals surface area contributed by atoms with Crippen LogP contribution >= 0.6 is 0 Å². The summed E-state index contributed by atoms with van der Waals surface area (Å²) in [7, 11) is 0. The van der Waals surface area contributed by atoms with E-state index in [1.165, 1.54) is 18.3 Å². The third-order valence-electron chi connectivity index (χ3n) is 2.51. The highest BCUT2D eigenvalue weighted by Crippen LogP contribution is 2.24. The van der Waals surface area contributed by atoms with Gasteiger partial charge in [0, 0.05) is 6.54 Å². The second kappa shape index (κ2) is 5.91. The second-order valence-electron chi connectivity index (χ2n) is 5.56. The van der Waals surface area contributed by atoms with E-state index in [0.29, 0.717) is 12.1 Å². The smallest absolute Gasteiger partial charge is 0.228 e. The summed E-state index contributed by atoms with van der Waals surface area (Å²) in [6, 6.07) is 2.68. The van der Waals surface area contributed by atoms with E-state index >= 15 is 0 Å². The maximum Gasteiger partial charge on any atom is 0.228 e. The molecule has 0 spiro atoms. The van der Waals surface area contributed by atoms with Crippen LogP contribution in [0.4, 0.5) is 10.1 Å². The predicted octanol–water partition coefficient (Wildman–Crippen LogP) is 2.17. The Morgan fingerprint density at radius 3 is 2.61 bits per heavy atom. The fourth-order valence-electron chi connectivity index (χ4n) is 1.72. The molecule has 1 atom stereocenters. The van der Waals surface area contributed by atoms with Crippen molar-refractivity contribution in [1.82, 2.24) is 4.98 Å². The van der Waals surface area contributed by atoms with Gasteiger partial charge >= 0.3 is 0 Å². The molecule has 0 saturated heterocycles. The number of amides is 1. The zero-order valence-electron chi connectivity index (χ0n) is 11.0. The molecule has 0 bridgehead atoms. The molecule has 4 nitrogen and oxygen atoms in total. The number of rotatable bonds is 4. The summed E-state index contributed by atoms with van der Waals surface area (Å²) in [5.41, 5.74) is 6.13. The summed E-state index contributed by atoms with van der Waals surface area (Å²) in [4.78, 5) is 15.5. The van der Waals surface area contributed by atoms with Crippen molar-refractivity contribution in [2.75, 3.05) is 11.9 Å². The maximum absolute atomic E-state index is 12.6. The lowest BCUT2D eigenvalue weighted by Crippen LogP contribution is -2.32. The van der Waals surface area contributed by atoms with Gasteiger partial charge in [0.15, 0.2) is 0 Å². The van der Waals surface area contributed by atoms with Gasteiger partial charge in [0.1, 0.15) is 0 Å². The number of nitrogens with two attached hydrogens (primary N) is 1. The molecule has 0 aliphatic carbocycles. The largest absolute Gasteiger partial charge is 0.330 e. The minimum Gasteiger partial charge on any atom is -0.330 e. The van der Waals surface area contributed by atoms with Crippen molar-refractivity contribution < 1.29 is 9.18 Å². The molecule has 0 aliphatic rings. The van der Waals surface area contributed by atoms with Gasteiger partial charge in [-0.2, -0.15) is 4.39 Å². The van der Waals surface area contributed by atoms with Crippen molar-refractivity contribution in [2.24, 2.45) is 17.1 Å². The monoisotopic (exact) mass is 253 g/mol. The van der Waals surface area contributed by atoms with E-state index in [2.05, 4.69) is 31.1 Å². The summed E-state index contributed by atoms with van der Waals surface area (Å²) in [5.74, 6) is -0.978. The van der Waals surface area contributed by atoms with Crippen LogP contribution in [0.15, 0.2) is 18.3 Å². The van der Waals surface area contributed by atoms with Gasteiger partial charge in [0.2, 0.25) is 11.9 Å². The average molecular weight is 253 g/mol. The van der Waals surface area contributed by atoms with Crippen molar-refractivity contribution >= 4 is 11.6 Å². The second-order valence-corrected chi connectivity index (χ2v) is 5.56. The molecular formula is C13H20FN3O. The van der Waals surface area contributed by atoms with Gasteiger partial charge in [-0.15, -0.1) is 0 Å². The van der Waals surface area contributed by atoms with Crippen LogP contribution in [-0.2, 0) is 4.79 Å². The molecule has 0 aromatic carbocycles. The zero-order valence-corrected chi connectivity index (χ0v) is 11.0. The molecule has 0 fully saturated rings. The highest BCUT2D eigenvalue weighted by atomic mass is 19.1. The van der Waals surface area contributed by atoms with Gasteiger partial charge in [-0.05, 0) is 24.0 Å². The van der Waals surface area contributed by atoms with E-state index in [-0.39, 0.29) is 23.8 Å². The molecule has 3 N–H and O–H groups in total. The van der Waals surface area contributed by atoms with Gasteiger partial charge in [-0.25, -0.2) is 4.98 Å². The standard InChI is InChI=1S/C13H20FN3O/c1-13(2,3)6-9(7-15)12(18)17-10-4-5-11(14)16-8-10/h4-5,8-9H,6-7,15H2,1-3H3,(H,17,18). The number of pyridine rings is 1. The quantitative estimate of drug-likeness (QED) is 0.808.